The van der Waals surface area contributed by atoms with Gasteiger partial charge in [0, 0.05) is 18.6 Å². The Labute approximate surface area is 80.2 Å². The van der Waals surface area contributed by atoms with Crippen LogP contribution in [-0.4, -0.2) is 11.7 Å². The maximum atomic E-state index is 13.3. The maximum absolute atomic E-state index is 13.3. The van der Waals surface area contributed by atoms with Gasteiger partial charge < -0.3 is 5.11 Å². The Morgan fingerprint density at radius 3 is 2.57 bits per heavy atom. The van der Waals surface area contributed by atoms with E-state index in [0.717, 1.165) is 6.07 Å². The summed E-state index contributed by atoms with van der Waals surface area (Å²) in [5, 5.41) is 8.45. The highest BCUT2D eigenvalue weighted by Gasteiger charge is 2.32. The summed E-state index contributed by atoms with van der Waals surface area (Å²) in [5.41, 5.74) is -0.419. The summed E-state index contributed by atoms with van der Waals surface area (Å²) in [7, 11) is 0. The second kappa shape index (κ2) is 4.00. The predicted octanol–water partition coefficient (Wildman–Crippen LogP) is 2.61. The maximum Gasteiger partial charge on any atom is 0.275 e. The van der Waals surface area contributed by atoms with Gasteiger partial charge >= 0.3 is 0 Å². The minimum atomic E-state index is -3.17. The zero-order chi connectivity index (χ0) is 10.8. The molecule has 1 N–H and O–H groups in total. The van der Waals surface area contributed by atoms with Crippen LogP contribution < -0.4 is 0 Å². The first-order chi connectivity index (χ1) is 6.49. The van der Waals surface area contributed by atoms with Gasteiger partial charge in [0.1, 0.15) is 5.82 Å². The van der Waals surface area contributed by atoms with E-state index in [1.165, 1.54) is 19.1 Å². The van der Waals surface area contributed by atoms with Crippen molar-refractivity contribution < 1.29 is 18.3 Å². The molecule has 4 heteroatoms. The van der Waals surface area contributed by atoms with Crippen LogP contribution in [0.3, 0.4) is 0 Å². The summed E-state index contributed by atoms with van der Waals surface area (Å²) in [4.78, 5) is 0. The number of aliphatic hydroxyl groups is 1. The second-order valence-electron chi connectivity index (χ2n) is 3.09. The van der Waals surface area contributed by atoms with E-state index >= 15 is 0 Å². The van der Waals surface area contributed by atoms with Crippen LogP contribution >= 0.6 is 0 Å². The Morgan fingerprint density at radius 2 is 2.00 bits per heavy atom. The van der Waals surface area contributed by atoms with Crippen molar-refractivity contribution in [2.45, 2.75) is 19.3 Å². The van der Waals surface area contributed by atoms with E-state index in [0.29, 0.717) is 0 Å². The van der Waals surface area contributed by atoms with E-state index in [9.17, 15) is 13.2 Å². The molecule has 0 aliphatic carbocycles. The van der Waals surface area contributed by atoms with E-state index in [-0.39, 0.29) is 11.1 Å². The van der Waals surface area contributed by atoms with Crippen LogP contribution in [0.2, 0.25) is 0 Å². The fourth-order valence-corrected chi connectivity index (χ4v) is 1.28. The summed E-state index contributed by atoms with van der Waals surface area (Å²) in [6.07, 6.45) is -0.683. The first-order valence-electron chi connectivity index (χ1n) is 4.23. The molecule has 14 heavy (non-hydrogen) atoms. The van der Waals surface area contributed by atoms with Gasteiger partial charge in [0.05, 0.1) is 0 Å². The van der Waals surface area contributed by atoms with E-state index in [1.54, 1.807) is 0 Å². The highest BCUT2D eigenvalue weighted by molar-refractivity contribution is 5.30. The van der Waals surface area contributed by atoms with Gasteiger partial charge in [-0.1, -0.05) is 12.1 Å². The third-order valence-electron chi connectivity index (χ3n) is 2.09. The van der Waals surface area contributed by atoms with Crippen LogP contribution in [0.25, 0.3) is 0 Å². The second-order valence-corrected chi connectivity index (χ2v) is 3.09. The standard InChI is InChI=1S/C10H11F3O/c1-7-8(3-2-4-9(7)11)10(12,13)5-6-14/h2-4,14H,5-6H2,1H3. The summed E-state index contributed by atoms with van der Waals surface area (Å²) in [5.74, 6) is -3.82. The Morgan fingerprint density at radius 1 is 1.36 bits per heavy atom. The molecule has 0 aromatic heterocycles. The first-order valence-corrected chi connectivity index (χ1v) is 4.23. The number of halogens is 3. The number of alkyl halides is 2. The molecule has 0 saturated carbocycles. The Hall–Kier alpha value is -1.03. The lowest BCUT2D eigenvalue weighted by Gasteiger charge is -2.17. The van der Waals surface area contributed by atoms with Gasteiger partial charge in [-0.3, -0.25) is 0 Å². The lowest BCUT2D eigenvalue weighted by molar-refractivity contribution is -0.0277. The fraction of sp³-hybridized carbons (Fsp3) is 0.400. The van der Waals surface area contributed by atoms with Crippen LogP contribution in [0.4, 0.5) is 13.2 Å². The summed E-state index contributed by atoms with van der Waals surface area (Å²) in [6, 6.07) is 3.55. The Kier molecular flexibility index (Phi) is 3.16. The summed E-state index contributed by atoms with van der Waals surface area (Å²) in [6.45, 7) is 0.679. The lowest BCUT2D eigenvalue weighted by atomic mass is 10.00. The summed E-state index contributed by atoms with van der Waals surface area (Å²) >= 11 is 0. The quantitative estimate of drug-likeness (QED) is 0.802. The average molecular weight is 204 g/mol. The lowest BCUT2D eigenvalue weighted by Crippen LogP contribution is -2.17. The fourth-order valence-electron chi connectivity index (χ4n) is 1.28. The number of hydrogen-bond acceptors (Lipinski definition) is 1. The van der Waals surface area contributed by atoms with Crippen molar-refractivity contribution in [3.63, 3.8) is 0 Å². The Balaban J connectivity index is 3.12. The molecule has 78 valence electrons. The molecule has 0 spiro atoms. The molecule has 1 aromatic rings. The van der Waals surface area contributed by atoms with Crippen molar-refractivity contribution in [3.05, 3.63) is 35.1 Å². The van der Waals surface area contributed by atoms with Crippen molar-refractivity contribution in [2.24, 2.45) is 0 Å². The van der Waals surface area contributed by atoms with Crippen molar-refractivity contribution in [3.8, 4) is 0 Å². The molecule has 0 atom stereocenters. The topological polar surface area (TPSA) is 20.2 Å². The number of rotatable bonds is 3. The van der Waals surface area contributed by atoms with Gasteiger partial charge in [0.25, 0.3) is 5.92 Å². The minimum Gasteiger partial charge on any atom is -0.396 e. The van der Waals surface area contributed by atoms with Crippen LogP contribution in [0.1, 0.15) is 17.5 Å². The molecular weight excluding hydrogens is 193 g/mol. The van der Waals surface area contributed by atoms with Crippen LogP contribution in [0.15, 0.2) is 18.2 Å². The SMILES string of the molecule is Cc1c(F)cccc1C(F)(F)CCO. The molecule has 0 unspecified atom stereocenters. The molecule has 0 aliphatic rings. The zero-order valence-corrected chi connectivity index (χ0v) is 7.73. The largest absolute Gasteiger partial charge is 0.396 e. The van der Waals surface area contributed by atoms with Crippen LogP contribution in [0.5, 0.6) is 0 Å². The monoisotopic (exact) mass is 204 g/mol. The molecule has 0 heterocycles. The molecule has 0 saturated heterocycles. The van der Waals surface area contributed by atoms with Crippen molar-refractivity contribution in [1.82, 2.24) is 0 Å². The first kappa shape index (κ1) is 11.0. The van der Waals surface area contributed by atoms with Crippen molar-refractivity contribution >= 4 is 0 Å². The predicted molar refractivity (Wildman–Crippen MR) is 46.7 cm³/mol. The highest BCUT2D eigenvalue weighted by Crippen LogP contribution is 2.34. The number of hydrogen-bond donors (Lipinski definition) is 1. The highest BCUT2D eigenvalue weighted by atomic mass is 19.3. The average Bonchev–Trinajstić information content (AvgIpc) is 2.09. The van der Waals surface area contributed by atoms with E-state index in [1.807, 2.05) is 0 Å². The van der Waals surface area contributed by atoms with Crippen LogP contribution in [0, 0.1) is 12.7 Å². The van der Waals surface area contributed by atoms with Gasteiger partial charge in [-0.05, 0) is 18.6 Å². The van der Waals surface area contributed by atoms with Gasteiger partial charge in [-0.25, -0.2) is 13.2 Å². The normalized spacial score (nSPS) is 11.8. The molecule has 0 radical (unpaired) electrons. The molecule has 0 fully saturated rings. The van der Waals surface area contributed by atoms with Crippen molar-refractivity contribution in [2.75, 3.05) is 6.61 Å². The molecule has 0 bridgehead atoms. The molecule has 1 rings (SSSR count). The van der Waals surface area contributed by atoms with Gasteiger partial charge in [-0.2, -0.15) is 0 Å². The molecule has 0 aliphatic heterocycles. The molecular formula is C10H11F3O. The van der Waals surface area contributed by atoms with Gasteiger partial charge in [0.15, 0.2) is 0 Å². The molecule has 1 nitrogen and oxygen atoms in total. The van der Waals surface area contributed by atoms with Crippen molar-refractivity contribution in [1.29, 1.82) is 0 Å². The van der Waals surface area contributed by atoms with E-state index < -0.39 is 24.8 Å². The smallest absolute Gasteiger partial charge is 0.275 e. The number of benzene rings is 1. The van der Waals surface area contributed by atoms with Gasteiger partial charge in [-0.15, -0.1) is 0 Å². The third kappa shape index (κ3) is 2.07. The molecule has 1 aromatic carbocycles. The molecule has 0 amide bonds. The Bertz CT molecular complexity index is 323. The van der Waals surface area contributed by atoms with E-state index in [2.05, 4.69) is 0 Å². The summed E-state index contributed by atoms with van der Waals surface area (Å²) < 4.78 is 39.5. The third-order valence-corrected chi connectivity index (χ3v) is 2.09. The van der Waals surface area contributed by atoms with Gasteiger partial charge in [0.2, 0.25) is 0 Å². The zero-order valence-electron chi connectivity index (χ0n) is 7.73. The minimum absolute atomic E-state index is 0.0639. The van der Waals surface area contributed by atoms with E-state index in [4.69, 9.17) is 5.11 Å². The van der Waals surface area contributed by atoms with Crippen LogP contribution in [-0.2, 0) is 5.92 Å². The number of aliphatic hydroxyl groups excluding tert-OH is 1.